The summed E-state index contributed by atoms with van der Waals surface area (Å²) in [5.41, 5.74) is 0.0780. The smallest absolute Gasteiger partial charge is 0.161 e. The van der Waals surface area contributed by atoms with Crippen LogP contribution in [0.3, 0.4) is 0 Å². The van der Waals surface area contributed by atoms with E-state index in [-0.39, 0.29) is 5.56 Å². The van der Waals surface area contributed by atoms with Crippen molar-refractivity contribution in [3.8, 4) is 11.5 Å². The summed E-state index contributed by atoms with van der Waals surface area (Å²) in [7, 11) is 1.50. The summed E-state index contributed by atoms with van der Waals surface area (Å²) in [6.45, 7) is 2.26. The summed E-state index contributed by atoms with van der Waals surface area (Å²) in [6.07, 6.45) is 0. The number of hydrogen-bond donors (Lipinski definition) is 0. The summed E-state index contributed by atoms with van der Waals surface area (Å²) < 4.78 is 10.2. The maximum atomic E-state index is 10.5. The second-order valence-electron chi connectivity index (χ2n) is 2.59. The molecule has 14 heavy (non-hydrogen) atoms. The average molecular weight is 195 g/mol. The molecule has 4 heteroatoms. The molecule has 4 nitrogen and oxygen atoms in total. The monoisotopic (exact) mass is 195 g/mol. The van der Waals surface area contributed by atoms with Crippen LogP contribution in [0.1, 0.15) is 17.3 Å². The second-order valence-corrected chi connectivity index (χ2v) is 2.59. The number of methoxy groups -OCH3 is 1. The topological polar surface area (TPSA) is 58.6 Å². The van der Waals surface area contributed by atoms with Crippen molar-refractivity contribution in [1.82, 2.24) is 0 Å². The van der Waals surface area contributed by atoms with Crippen LogP contribution in [0.4, 0.5) is 0 Å². The Labute approximate surface area is 82.1 Å². The minimum absolute atomic E-state index is 0.0780. The summed E-state index contributed by atoms with van der Waals surface area (Å²) in [4.78, 5) is 10.5. The molecule has 0 N–H and O–H groups in total. The van der Waals surface area contributed by atoms with Gasteiger partial charge in [0.1, 0.15) is 0 Å². The van der Waals surface area contributed by atoms with Gasteiger partial charge in [-0.25, -0.2) is 0 Å². The highest BCUT2D eigenvalue weighted by Crippen LogP contribution is 2.27. The molecule has 0 fully saturated rings. The molecular formula is C10H11O4-. The molecular weight excluding hydrogens is 184 g/mol. The zero-order valence-electron chi connectivity index (χ0n) is 8.07. The third kappa shape index (κ3) is 2.16. The van der Waals surface area contributed by atoms with Gasteiger partial charge >= 0.3 is 0 Å². The Balaban J connectivity index is 3.07. The Morgan fingerprint density at radius 3 is 2.64 bits per heavy atom. The van der Waals surface area contributed by atoms with Crippen LogP contribution in [0.2, 0.25) is 0 Å². The molecule has 0 saturated heterocycles. The van der Waals surface area contributed by atoms with Crippen molar-refractivity contribution in [1.29, 1.82) is 0 Å². The zero-order chi connectivity index (χ0) is 10.6. The van der Waals surface area contributed by atoms with Crippen LogP contribution in [0.5, 0.6) is 11.5 Å². The Bertz CT molecular complexity index is 333. The molecule has 0 unspecified atom stereocenters. The average Bonchev–Trinajstić information content (AvgIpc) is 2.18. The van der Waals surface area contributed by atoms with E-state index >= 15 is 0 Å². The molecule has 0 aliphatic carbocycles. The van der Waals surface area contributed by atoms with E-state index in [0.29, 0.717) is 18.1 Å². The van der Waals surface area contributed by atoms with E-state index in [1.807, 2.05) is 6.92 Å². The number of aromatic carboxylic acids is 1. The highest BCUT2D eigenvalue weighted by atomic mass is 16.5. The number of benzene rings is 1. The van der Waals surface area contributed by atoms with Crippen LogP contribution in [-0.2, 0) is 0 Å². The van der Waals surface area contributed by atoms with Gasteiger partial charge in [0.25, 0.3) is 0 Å². The van der Waals surface area contributed by atoms with Gasteiger partial charge in [-0.15, -0.1) is 0 Å². The minimum Gasteiger partial charge on any atom is -0.545 e. The first kappa shape index (κ1) is 10.4. The van der Waals surface area contributed by atoms with E-state index < -0.39 is 5.97 Å². The van der Waals surface area contributed by atoms with Crippen LogP contribution < -0.4 is 14.6 Å². The predicted octanol–water partition coefficient (Wildman–Crippen LogP) is 0.457. The van der Waals surface area contributed by atoms with Gasteiger partial charge in [-0.1, -0.05) is 0 Å². The minimum atomic E-state index is -1.23. The maximum absolute atomic E-state index is 10.5. The Kier molecular flexibility index (Phi) is 3.34. The molecule has 1 aromatic rings. The lowest BCUT2D eigenvalue weighted by Crippen LogP contribution is -2.22. The largest absolute Gasteiger partial charge is 0.545 e. The molecule has 0 amide bonds. The second kappa shape index (κ2) is 4.50. The molecule has 76 valence electrons. The third-order valence-electron chi connectivity index (χ3n) is 1.70. The number of ether oxygens (including phenoxy) is 2. The SMILES string of the molecule is CCOc1cc(C(=O)[O-])ccc1OC. The van der Waals surface area contributed by atoms with Gasteiger partial charge in [0.2, 0.25) is 0 Å². The summed E-state index contributed by atoms with van der Waals surface area (Å²) in [5, 5.41) is 10.5. The molecule has 0 spiro atoms. The number of carboxylic acid groups (broad SMARTS) is 1. The predicted molar refractivity (Wildman–Crippen MR) is 48.5 cm³/mol. The van der Waals surface area contributed by atoms with Crippen LogP contribution in [0, 0.1) is 0 Å². The Morgan fingerprint density at radius 1 is 1.43 bits per heavy atom. The summed E-state index contributed by atoms with van der Waals surface area (Å²) >= 11 is 0. The Hall–Kier alpha value is -1.71. The van der Waals surface area contributed by atoms with E-state index in [9.17, 15) is 9.90 Å². The van der Waals surface area contributed by atoms with Gasteiger partial charge in [0.15, 0.2) is 11.5 Å². The van der Waals surface area contributed by atoms with Crippen molar-refractivity contribution in [2.45, 2.75) is 6.92 Å². The molecule has 0 aliphatic heterocycles. The third-order valence-corrected chi connectivity index (χ3v) is 1.70. The van der Waals surface area contributed by atoms with Crippen molar-refractivity contribution in [2.24, 2.45) is 0 Å². The molecule has 0 aromatic heterocycles. The van der Waals surface area contributed by atoms with Crippen LogP contribution in [0.25, 0.3) is 0 Å². The Morgan fingerprint density at radius 2 is 2.14 bits per heavy atom. The van der Waals surface area contributed by atoms with Crippen molar-refractivity contribution in [3.63, 3.8) is 0 Å². The molecule has 1 aromatic carbocycles. The fourth-order valence-corrected chi connectivity index (χ4v) is 1.07. The fourth-order valence-electron chi connectivity index (χ4n) is 1.07. The highest BCUT2D eigenvalue weighted by Gasteiger charge is 2.05. The van der Waals surface area contributed by atoms with E-state index in [4.69, 9.17) is 9.47 Å². The number of rotatable bonds is 4. The van der Waals surface area contributed by atoms with Gasteiger partial charge < -0.3 is 19.4 Å². The van der Waals surface area contributed by atoms with Crippen LogP contribution in [-0.4, -0.2) is 19.7 Å². The standard InChI is InChI=1S/C10H12O4/c1-3-14-9-6-7(10(11)12)4-5-8(9)13-2/h4-6H,3H2,1-2H3,(H,11,12)/p-1. The zero-order valence-corrected chi connectivity index (χ0v) is 8.07. The molecule has 1 rings (SSSR count). The molecule has 0 saturated carbocycles. The van der Waals surface area contributed by atoms with Gasteiger partial charge in [-0.05, 0) is 25.1 Å². The van der Waals surface area contributed by atoms with Crippen molar-refractivity contribution >= 4 is 5.97 Å². The lowest BCUT2D eigenvalue weighted by Gasteiger charge is -2.11. The van der Waals surface area contributed by atoms with Crippen molar-refractivity contribution in [3.05, 3.63) is 23.8 Å². The molecule has 0 radical (unpaired) electrons. The first-order chi connectivity index (χ1) is 6.69. The molecule has 0 bridgehead atoms. The first-order valence-electron chi connectivity index (χ1n) is 4.21. The van der Waals surface area contributed by atoms with E-state index in [0.717, 1.165) is 0 Å². The van der Waals surface area contributed by atoms with Gasteiger partial charge in [-0.3, -0.25) is 0 Å². The quantitative estimate of drug-likeness (QED) is 0.700. The van der Waals surface area contributed by atoms with Crippen LogP contribution >= 0.6 is 0 Å². The van der Waals surface area contributed by atoms with Gasteiger partial charge in [0, 0.05) is 5.56 Å². The van der Waals surface area contributed by atoms with E-state index in [1.165, 1.54) is 25.3 Å². The fraction of sp³-hybridized carbons (Fsp3) is 0.300. The summed E-state index contributed by atoms with van der Waals surface area (Å²) in [6, 6.07) is 4.34. The van der Waals surface area contributed by atoms with Gasteiger partial charge in [0.05, 0.1) is 19.7 Å². The lowest BCUT2D eigenvalue weighted by atomic mass is 10.2. The number of hydrogen-bond acceptors (Lipinski definition) is 4. The number of carbonyl (C=O) groups is 1. The molecule has 0 atom stereocenters. The van der Waals surface area contributed by atoms with Crippen LogP contribution in [0.15, 0.2) is 18.2 Å². The normalized spacial score (nSPS) is 9.57. The molecule has 0 heterocycles. The number of carboxylic acids is 1. The molecule has 0 aliphatic rings. The first-order valence-corrected chi connectivity index (χ1v) is 4.21. The highest BCUT2D eigenvalue weighted by molar-refractivity contribution is 5.86. The van der Waals surface area contributed by atoms with E-state index in [1.54, 1.807) is 0 Å². The number of carbonyl (C=O) groups excluding carboxylic acids is 1. The van der Waals surface area contributed by atoms with Crippen molar-refractivity contribution < 1.29 is 19.4 Å². The summed E-state index contributed by atoms with van der Waals surface area (Å²) in [5.74, 6) is -0.304. The lowest BCUT2D eigenvalue weighted by molar-refractivity contribution is -0.255. The van der Waals surface area contributed by atoms with E-state index in [2.05, 4.69) is 0 Å². The van der Waals surface area contributed by atoms with Gasteiger partial charge in [-0.2, -0.15) is 0 Å². The maximum Gasteiger partial charge on any atom is 0.161 e. The van der Waals surface area contributed by atoms with Crippen molar-refractivity contribution in [2.75, 3.05) is 13.7 Å².